The zero-order valence-corrected chi connectivity index (χ0v) is 12.6. The van der Waals surface area contributed by atoms with Gasteiger partial charge in [0.2, 0.25) is 5.91 Å². The lowest BCUT2D eigenvalue weighted by Gasteiger charge is -2.13. The fourth-order valence-corrected chi connectivity index (χ4v) is 2.06. The van der Waals surface area contributed by atoms with E-state index in [4.69, 9.17) is 9.15 Å². The SMILES string of the molecule is CCOc1ccccc1NC(=O)[C@H](C#N)Cc1ccc(C)o1. The Morgan fingerprint density at radius 2 is 2.14 bits per heavy atom. The van der Waals surface area contributed by atoms with Crippen LogP contribution >= 0.6 is 0 Å². The predicted molar refractivity (Wildman–Crippen MR) is 82.5 cm³/mol. The molecular weight excluding hydrogens is 280 g/mol. The average Bonchev–Trinajstić information content (AvgIpc) is 2.92. The van der Waals surface area contributed by atoms with Gasteiger partial charge in [0.1, 0.15) is 23.2 Å². The molecule has 1 aromatic heterocycles. The monoisotopic (exact) mass is 298 g/mol. The maximum Gasteiger partial charge on any atom is 0.242 e. The Kier molecular flexibility index (Phi) is 5.21. The lowest BCUT2D eigenvalue weighted by Crippen LogP contribution is -2.23. The van der Waals surface area contributed by atoms with Crippen molar-refractivity contribution in [1.82, 2.24) is 0 Å². The van der Waals surface area contributed by atoms with Crippen LogP contribution in [0.3, 0.4) is 0 Å². The first-order valence-corrected chi connectivity index (χ1v) is 7.11. The molecule has 5 nitrogen and oxygen atoms in total. The lowest BCUT2D eigenvalue weighted by atomic mass is 10.0. The van der Waals surface area contributed by atoms with Crippen molar-refractivity contribution in [3.63, 3.8) is 0 Å². The topological polar surface area (TPSA) is 75.3 Å². The number of carbonyl (C=O) groups excluding carboxylic acids is 1. The summed E-state index contributed by atoms with van der Waals surface area (Å²) in [6.45, 7) is 4.19. The van der Waals surface area contributed by atoms with Crippen LogP contribution in [0, 0.1) is 24.2 Å². The third-order valence-electron chi connectivity index (χ3n) is 3.12. The summed E-state index contributed by atoms with van der Waals surface area (Å²) in [5.41, 5.74) is 0.560. The number of amides is 1. The smallest absolute Gasteiger partial charge is 0.242 e. The van der Waals surface area contributed by atoms with Crippen LogP contribution in [0.4, 0.5) is 5.69 Å². The van der Waals surface area contributed by atoms with Crippen LogP contribution in [0.25, 0.3) is 0 Å². The third-order valence-corrected chi connectivity index (χ3v) is 3.12. The highest BCUT2D eigenvalue weighted by Crippen LogP contribution is 2.24. The molecule has 5 heteroatoms. The van der Waals surface area contributed by atoms with Crippen molar-refractivity contribution in [2.45, 2.75) is 20.3 Å². The van der Waals surface area contributed by atoms with Gasteiger partial charge in [0.05, 0.1) is 18.4 Å². The minimum absolute atomic E-state index is 0.243. The molecule has 1 heterocycles. The number of hydrogen-bond donors (Lipinski definition) is 1. The van der Waals surface area contributed by atoms with Crippen molar-refractivity contribution in [3.8, 4) is 11.8 Å². The Balaban J connectivity index is 2.08. The number of ether oxygens (including phenoxy) is 1. The van der Waals surface area contributed by atoms with Gasteiger partial charge in [-0.05, 0) is 38.1 Å². The van der Waals surface area contributed by atoms with Crippen molar-refractivity contribution < 1.29 is 13.9 Å². The molecule has 0 fully saturated rings. The van der Waals surface area contributed by atoms with Crippen LogP contribution in [0.5, 0.6) is 5.75 Å². The van der Waals surface area contributed by atoms with Crippen molar-refractivity contribution in [3.05, 3.63) is 47.9 Å². The van der Waals surface area contributed by atoms with E-state index in [9.17, 15) is 10.1 Å². The minimum Gasteiger partial charge on any atom is -0.492 e. The molecule has 0 radical (unpaired) electrons. The zero-order valence-electron chi connectivity index (χ0n) is 12.6. The lowest BCUT2D eigenvalue weighted by molar-refractivity contribution is -0.118. The van der Waals surface area contributed by atoms with Gasteiger partial charge in [0, 0.05) is 6.42 Å². The van der Waals surface area contributed by atoms with E-state index >= 15 is 0 Å². The van der Waals surface area contributed by atoms with Crippen LogP contribution in [-0.2, 0) is 11.2 Å². The summed E-state index contributed by atoms with van der Waals surface area (Å²) >= 11 is 0. The highest BCUT2D eigenvalue weighted by molar-refractivity contribution is 5.95. The summed E-state index contributed by atoms with van der Waals surface area (Å²) in [6.07, 6.45) is 0.243. The quantitative estimate of drug-likeness (QED) is 0.887. The molecule has 2 rings (SSSR count). The molecule has 114 valence electrons. The molecule has 2 aromatic rings. The number of anilines is 1. The van der Waals surface area contributed by atoms with E-state index in [1.807, 2.05) is 32.0 Å². The molecule has 0 saturated carbocycles. The van der Waals surface area contributed by atoms with E-state index in [-0.39, 0.29) is 12.3 Å². The van der Waals surface area contributed by atoms with Crippen molar-refractivity contribution in [1.29, 1.82) is 5.26 Å². The van der Waals surface area contributed by atoms with E-state index < -0.39 is 5.92 Å². The molecule has 0 spiro atoms. The van der Waals surface area contributed by atoms with Crippen molar-refractivity contribution in [2.24, 2.45) is 5.92 Å². The summed E-state index contributed by atoms with van der Waals surface area (Å²) in [7, 11) is 0. The number of nitrogens with one attached hydrogen (secondary N) is 1. The Bertz CT molecular complexity index is 685. The number of carbonyl (C=O) groups is 1. The van der Waals surface area contributed by atoms with Crippen LogP contribution in [0.1, 0.15) is 18.4 Å². The fourth-order valence-electron chi connectivity index (χ4n) is 2.06. The number of rotatable bonds is 6. The number of furan rings is 1. The Hall–Kier alpha value is -2.74. The maximum absolute atomic E-state index is 12.3. The van der Waals surface area contributed by atoms with Gasteiger partial charge in [-0.3, -0.25) is 4.79 Å². The first-order chi connectivity index (χ1) is 10.6. The van der Waals surface area contributed by atoms with Crippen LogP contribution in [0.15, 0.2) is 40.8 Å². The molecule has 1 amide bonds. The number of para-hydroxylation sites is 2. The van der Waals surface area contributed by atoms with Gasteiger partial charge in [-0.1, -0.05) is 12.1 Å². The van der Waals surface area contributed by atoms with E-state index in [1.165, 1.54) is 0 Å². The summed E-state index contributed by atoms with van der Waals surface area (Å²) in [4.78, 5) is 12.3. The minimum atomic E-state index is -0.819. The first kappa shape index (κ1) is 15.6. The van der Waals surface area contributed by atoms with Crippen molar-refractivity contribution >= 4 is 11.6 Å². The average molecular weight is 298 g/mol. The molecular formula is C17H18N2O3. The van der Waals surface area contributed by atoms with E-state index in [2.05, 4.69) is 5.32 Å². The van der Waals surface area contributed by atoms with E-state index in [0.29, 0.717) is 23.8 Å². The predicted octanol–water partition coefficient (Wildman–Crippen LogP) is 3.31. The molecule has 1 atom stereocenters. The molecule has 0 aliphatic heterocycles. The Morgan fingerprint density at radius 1 is 1.36 bits per heavy atom. The molecule has 1 aromatic carbocycles. The number of aryl methyl sites for hydroxylation is 1. The standard InChI is InChI=1S/C17H18N2O3/c1-3-21-16-7-5-4-6-15(16)19-17(20)13(11-18)10-14-9-8-12(2)22-14/h4-9,13H,3,10H2,1-2H3,(H,19,20)/t13-/m0/s1. The summed E-state index contributed by atoms with van der Waals surface area (Å²) in [5.74, 6) is 0.777. The van der Waals surface area contributed by atoms with E-state index in [0.717, 1.165) is 5.76 Å². The highest BCUT2D eigenvalue weighted by Gasteiger charge is 2.21. The Morgan fingerprint density at radius 3 is 2.77 bits per heavy atom. The summed E-state index contributed by atoms with van der Waals surface area (Å²) < 4.78 is 10.9. The van der Waals surface area contributed by atoms with Crippen molar-refractivity contribution in [2.75, 3.05) is 11.9 Å². The zero-order chi connectivity index (χ0) is 15.9. The number of nitriles is 1. The van der Waals surface area contributed by atoms with Gasteiger partial charge in [0.25, 0.3) is 0 Å². The molecule has 0 saturated heterocycles. The summed E-state index contributed by atoms with van der Waals surface area (Å²) in [5, 5.41) is 12.0. The normalized spacial score (nSPS) is 11.5. The second kappa shape index (κ2) is 7.32. The van der Waals surface area contributed by atoms with Crippen LogP contribution < -0.4 is 10.1 Å². The number of benzene rings is 1. The highest BCUT2D eigenvalue weighted by atomic mass is 16.5. The number of nitrogens with zero attached hydrogens (tertiary/aromatic N) is 1. The molecule has 0 aliphatic carbocycles. The van der Waals surface area contributed by atoms with Gasteiger partial charge >= 0.3 is 0 Å². The van der Waals surface area contributed by atoms with Gasteiger partial charge in [-0.15, -0.1) is 0 Å². The second-order valence-corrected chi connectivity index (χ2v) is 4.82. The van der Waals surface area contributed by atoms with Gasteiger partial charge < -0.3 is 14.5 Å². The number of hydrogen-bond acceptors (Lipinski definition) is 4. The molecule has 0 aliphatic rings. The molecule has 22 heavy (non-hydrogen) atoms. The molecule has 0 unspecified atom stereocenters. The summed E-state index contributed by atoms with van der Waals surface area (Å²) in [6, 6.07) is 12.8. The Labute approximate surface area is 129 Å². The first-order valence-electron chi connectivity index (χ1n) is 7.11. The van der Waals surface area contributed by atoms with Gasteiger partial charge in [-0.25, -0.2) is 0 Å². The maximum atomic E-state index is 12.3. The molecule has 0 bridgehead atoms. The second-order valence-electron chi connectivity index (χ2n) is 4.82. The fraction of sp³-hybridized carbons (Fsp3) is 0.294. The van der Waals surface area contributed by atoms with E-state index in [1.54, 1.807) is 24.3 Å². The molecule has 1 N–H and O–H groups in total. The van der Waals surface area contributed by atoms with Crippen LogP contribution in [-0.4, -0.2) is 12.5 Å². The van der Waals surface area contributed by atoms with Gasteiger partial charge in [0.15, 0.2) is 0 Å². The third kappa shape index (κ3) is 3.89. The van der Waals surface area contributed by atoms with Gasteiger partial charge in [-0.2, -0.15) is 5.26 Å². The van der Waals surface area contributed by atoms with Crippen LogP contribution in [0.2, 0.25) is 0 Å². The largest absolute Gasteiger partial charge is 0.492 e.